The SMILES string of the molecule is Cc1ccc(S(=O)(=O)NC2CCCCCC2)cc1Cl. The van der Waals surface area contributed by atoms with Crippen LogP contribution in [0, 0.1) is 6.92 Å². The predicted molar refractivity (Wildman–Crippen MR) is 78.0 cm³/mol. The summed E-state index contributed by atoms with van der Waals surface area (Å²) in [6.45, 7) is 1.86. The molecule has 0 bridgehead atoms. The quantitative estimate of drug-likeness (QED) is 0.866. The standard InChI is InChI=1S/C14H20ClNO2S/c1-11-8-9-13(10-14(11)15)19(17,18)16-12-6-4-2-3-5-7-12/h8-10,12,16H,2-7H2,1H3. The molecule has 1 N–H and O–H groups in total. The molecular formula is C14H20ClNO2S. The van der Waals surface area contributed by atoms with Crippen LogP contribution in [0.2, 0.25) is 5.02 Å². The largest absolute Gasteiger partial charge is 0.240 e. The Hall–Kier alpha value is -0.580. The maximum atomic E-state index is 12.3. The van der Waals surface area contributed by atoms with Crippen LogP contribution in [0.4, 0.5) is 0 Å². The third kappa shape index (κ3) is 3.94. The van der Waals surface area contributed by atoms with Crippen molar-refractivity contribution < 1.29 is 8.42 Å². The molecule has 1 fully saturated rings. The maximum absolute atomic E-state index is 12.3. The summed E-state index contributed by atoms with van der Waals surface area (Å²) in [6, 6.07) is 4.94. The van der Waals surface area contributed by atoms with Gasteiger partial charge in [-0.25, -0.2) is 13.1 Å². The van der Waals surface area contributed by atoms with Crippen LogP contribution in [0.25, 0.3) is 0 Å². The number of sulfonamides is 1. The molecule has 0 heterocycles. The Balaban J connectivity index is 2.14. The van der Waals surface area contributed by atoms with E-state index in [0.717, 1.165) is 31.2 Å². The van der Waals surface area contributed by atoms with Gasteiger partial charge in [0.05, 0.1) is 4.90 Å². The minimum atomic E-state index is -3.45. The fraction of sp³-hybridized carbons (Fsp3) is 0.571. The molecule has 0 aliphatic heterocycles. The first kappa shape index (κ1) is 14.8. The Morgan fingerprint density at radius 2 is 1.79 bits per heavy atom. The molecule has 0 saturated heterocycles. The van der Waals surface area contributed by atoms with Crippen molar-refractivity contribution in [3.8, 4) is 0 Å². The molecule has 0 atom stereocenters. The second kappa shape index (κ2) is 6.25. The third-order valence-electron chi connectivity index (χ3n) is 3.63. The Labute approximate surface area is 120 Å². The van der Waals surface area contributed by atoms with Crippen LogP contribution in [0.15, 0.2) is 23.1 Å². The van der Waals surface area contributed by atoms with Crippen molar-refractivity contribution in [2.75, 3.05) is 0 Å². The van der Waals surface area contributed by atoms with Gasteiger partial charge in [-0.15, -0.1) is 0 Å². The van der Waals surface area contributed by atoms with E-state index in [1.54, 1.807) is 12.1 Å². The smallest absolute Gasteiger partial charge is 0.208 e. The average molecular weight is 302 g/mol. The second-order valence-electron chi connectivity index (χ2n) is 5.22. The Morgan fingerprint density at radius 3 is 2.37 bits per heavy atom. The van der Waals surface area contributed by atoms with E-state index in [1.165, 1.54) is 18.9 Å². The van der Waals surface area contributed by atoms with Gasteiger partial charge in [-0.1, -0.05) is 43.4 Å². The lowest BCUT2D eigenvalue weighted by molar-refractivity contribution is 0.510. The Bertz CT molecular complexity index is 534. The number of halogens is 1. The fourth-order valence-electron chi connectivity index (χ4n) is 2.43. The molecule has 0 amide bonds. The van der Waals surface area contributed by atoms with Crippen LogP contribution in [-0.4, -0.2) is 14.5 Å². The normalized spacial score (nSPS) is 18.2. The summed E-state index contributed by atoms with van der Waals surface area (Å²) in [5, 5.41) is 0.490. The van der Waals surface area contributed by atoms with E-state index in [4.69, 9.17) is 11.6 Å². The van der Waals surface area contributed by atoms with Gasteiger partial charge < -0.3 is 0 Å². The molecule has 0 spiro atoms. The lowest BCUT2D eigenvalue weighted by Gasteiger charge is -2.16. The van der Waals surface area contributed by atoms with E-state index in [1.807, 2.05) is 6.92 Å². The number of benzene rings is 1. The van der Waals surface area contributed by atoms with Crippen molar-refractivity contribution in [2.24, 2.45) is 0 Å². The van der Waals surface area contributed by atoms with Crippen LogP contribution in [-0.2, 0) is 10.0 Å². The first-order chi connectivity index (χ1) is 8.99. The summed E-state index contributed by atoms with van der Waals surface area (Å²) in [4.78, 5) is 0.257. The van der Waals surface area contributed by atoms with Gasteiger partial charge >= 0.3 is 0 Å². The Kier molecular flexibility index (Phi) is 4.87. The highest BCUT2D eigenvalue weighted by molar-refractivity contribution is 7.89. The van der Waals surface area contributed by atoms with Crippen molar-refractivity contribution >= 4 is 21.6 Å². The minimum Gasteiger partial charge on any atom is -0.208 e. The summed E-state index contributed by atoms with van der Waals surface area (Å²) in [5.74, 6) is 0. The Morgan fingerprint density at radius 1 is 1.16 bits per heavy atom. The van der Waals surface area contributed by atoms with Gasteiger partial charge in [0.2, 0.25) is 10.0 Å². The highest BCUT2D eigenvalue weighted by atomic mass is 35.5. The maximum Gasteiger partial charge on any atom is 0.240 e. The van der Waals surface area contributed by atoms with Crippen molar-refractivity contribution in [3.63, 3.8) is 0 Å². The van der Waals surface area contributed by atoms with E-state index >= 15 is 0 Å². The van der Waals surface area contributed by atoms with Gasteiger partial charge in [0.15, 0.2) is 0 Å². The monoisotopic (exact) mass is 301 g/mol. The highest BCUT2D eigenvalue weighted by Gasteiger charge is 2.21. The first-order valence-corrected chi connectivity index (χ1v) is 8.63. The second-order valence-corrected chi connectivity index (χ2v) is 7.34. The first-order valence-electron chi connectivity index (χ1n) is 6.77. The van der Waals surface area contributed by atoms with Crippen molar-refractivity contribution in [3.05, 3.63) is 28.8 Å². The van der Waals surface area contributed by atoms with Crippen LogP contribution >= 0.6 is 11.6 Å². The third-order valence-corrected chi connectivity index (χ3v) is 5.56. The van der Waals surface area contributed by atoms with Crippen LogP contribution < -0.4 is 4.72 Å². The zero-order valence-electron chi connectivity index (χ0n) is 11.2. The van der Waals surface area contributed by atoms with Gasteiger partial charge in [0.1, 0.15) is 0 Å². The molecule has 0 unspecified atom stereocenters. The van der Waals surface area contributed by atoms with Gasteiger partial charge in [-0.2, -0.15) is 0 Å². The minimum absolute atomic E-state index is 0.0626. The molecule has 0 radical (unpaired) electrons. The van der Waals surface area contributed by atoms with E-state index in [0.29, 0.717) is 5.02 Å². The van der Waals surface area contributed by atoms with Crippen molar-refractivity contribution in [1.29, 1.82) is 0 Å². The number of hydrogen-bond acceptors (Lipinski definition) is 2. The highest BCUT2D eigenvalue weighted by Crippen LogP contribution is 2.22. The molecule has 106 valence electrons. The van der Waals surface area contributed by atoms with Gasteiger partial charge in [0.25, 0.3) is 0 Å². The van der Waals surface area contributed by atoms with Crippen molar-refractivity contribution in [2.45, 2.75) is 56.4 Å². The molecule has 19 heavy (non-hydrogen) atoms. The molecule has 3 nitrogen and oxygen atoms in total. The van der Waals surface area contributed by atoms with Gasteiger partial charge in [0, 0.05) is 11.1 Å². The topological polar surface area (TPSA) is 46.2 Å². The molecule has 2 rings (SSSR count). The predicted octanol–water partition coefficient (Wildman–Crippen LogP) is 3.65. The van der Waals surface area contributed by atoms with Crippen molar-refractivity contribution in [1.82, 2.24) is 4.72 Å². The summed E-state index contributed by atoms with van der Waals surface area (Å²) in [6.07, 6.45) is 6.46. The summed E-state index contributed by atoms with van der Waals surface area (Å²) < 4.78 is 27.4. The van der Waals surface area contributed by atoms with E-state index in [9.17, 15) is 8.42 Å². The lowest BCUT2D eigenvalue weighted by atomic mass is 10.1. The van der Waals surface area contributed by atoms with Crippen LogP contribution in [0.5, 0.6) is 0 Å². The van der Waals surface area contributed by atoms with Gasteiger partial charge in [-0.3, -0.25) is 0 Å². The molecular weight excluding hydrogens is 282 g/mol. The van der Waals surface area contributed by atoms with Crippen LogP contribution in [0.3, 0.4) is 0 Å². The van der Waals surface area contributed by atoms with Crippen LogP contribution in [0.1, 0.15) is 44.1 Å². The summed E-state index contributed by atoms with van der Waals surface area (Å²) >= 11 is 6.00. The zero-order chi connectivity index (χ0) is 13.9. The number of hydrogen-bond donors (Lipinski definition) is 1. The molecule has 1 aromatic rings. The molecule has 0 aromatic heterocycles. The zero-order valence-corrected chi connectivity index (χ0v) is 12.7. The van der Waals surface area contributed by atoms with E-state index in [-0.39, 0.29) is 10.9 Å². The molecule has 1 aromatic carbocycles. The van der Waals surface area contributed by atoms with E-state index in [2.05, 4.69) is 4.72 Å². The number of aryl methyl sites for hydroxylation is 1. The fourth-order valence-corrected chi connectivity index (χ4v) is 4.00. The molecule has 1 aliphatic carbocycles. The summed E-state index contributed by atoms with van der Waals surface area (Å²) in [7, 11) is -3.45. The van der Waals surface area contributed by atoms with E-state index < -0.39 is 10.0 Å². The number of nitrogens with one attached hydrogen (secondary N) is 1. The molecule has 1 aliphatic rings. The summed E-state index contributed by atoms with van der Waals surface area (Å²) in [5.41, 5.74) is 0.884. The number of rotatable bonds is 3. The lowest BCUT2D eigenvalue weighted by Crippen LogP contribution is -2.34. The van der Waals surface area contributed by atoms with Gasteiger partial charge in [-0.05, 0) is 37.5 Å². The molecule has 1 saturated carbocycles. The average Bonchev–Trinajstić information content (AvgIpc) is 2.60. The molecule has 5 heteroatoms.